The number of nitrogens with one attached hydrogen (secondary N) is 1. The average molecular weight is 2020 g/mol. The molecule has 3 N–H and O–H groups in total. The molecule has 0 bridgehead atoms. The Labute approximate surface area is 774 Å². The van der Waals surface area contributed by atoms with Crippen LogP contribution in [0.3, 0.4) is 0 Å². The summed E-state index contributed by atoms with van der Waals surface area (Å²) < 4.78 is 37.6. The molecule has 17 nitrogen and oxygen atoms in total. The van der Waals surface area contributed by atoms with Gasteiger partial charge >= 0.3 is 42.1 Å². The van der Waals surface area contributed by atoms with Crippen molar-refractivity contribution in [2.24, 2.45) is 0 Å². The van der Waals surface area contributed by atoms with E-state index in [1.54, 1.807) is 97.8 Å². The van der Waals surface area contributed by atoms with Crippen molar-refractivity contribution in [1.82, 2.24) is 43.8 Å². The van der Waals surface area contributed by atoms with Crippen LogP contribution < -0.4 is 65.6 Å². The Hall–Kier alpha value is -9.86. The summed E-state index contributed by atoms with van der Waals surface area (Å²) in [4.78, 5) is 15.1. The second-order valence-corrected chi connectivity index (χ2v) is 39.6. The van der Waals surface area contributed by atoms with E-state index in [9.17, 15) is 0 Å². The van der Waals surface area contributed by atoms with E-state index in [0.717, 1.165) is 135 Å². The van der Waals surface area contributed by atoms with Gasteiger partial charge in [0.2, 0.25) is 0 Å². The van der Waals surface area contributed by atoms with Crippen molar-refractivity contribution in [2.45, 2.75) is 41.5 Å². The van der Waals surface area contributed by atoms with E-state index in [1.807, 2.05) is 68.7 Å². The van der Waals surface area contributed by atoms with Gasteiger partial charge in [-0.2, -0.15) is 10.2 Å². The largest absolute Gasteiger partial charge is 0.0622 e. The summed E-state index contributed by atoms with van der Waals surface area (Å²) in [6.07, 6.45) is 5.42. The van der Waals surface area contributed by atoms with Gasteiger partial charge in [0.25, 0.3) is 0 Å². The van der Waals surface area contributed by atoms with Crippen LogP contribution in [0.15, 0.2) is 292 Å². The molecule has 19 aromatic rings. The first kappa shape index (κ1) is 91.8. The van der Waals surface area contributed by atoms with E-state index in [1.165, 1.54) is 54.3 Å². The SMILES string of the molecule is COc1c(C)c(C)cc2cc(B(O)O)sc12.COc1c(C)cc2cc(-c3cnc4ccc(Cl)nn34)sc2c1OC.COc1c(C)cc2cc(-c3cnc4ccc(Nc5ccc(C)c(C)c5)nn34)sc2c1OC.Clc1ccc2ncc(I)n2n1.[Cl][Pd][Cl].c1ccc(P(c2ccccc2)c2ccccc2)cc1.c1ccc(P(c2ccccc2)c2ccccc2)cc1. The Morgan fingerprint density at radius 2 is 0.734 bits per heavy atom. The number of hydrogen-bond acceptors (Lipinski definition) is 17. The fourth-order valence-electron chi connectivity index (χ4n) is 13.7. The van der Waals surface area contributed by atoms with E-state index < -0.39 is 23.0 Å². The van der Waals surface area contributed by atoms with Crippen LogP contribution >= 0.6 is 115 Å². The van der Waals surface area contributed by atoms with Gasteiger partial charge in [0.1, 0.15) is 31.1 Å². The summed E-state index contributed by atoms with van der Waals surface area (Å²) in [7, 11) is 15.6. The van der Waals surface area contributed by atoms with Gasteiger partial charge in [-0.25, -0.2) is 28.5 Å². The molecule has 0 saturated heterocycles. The molecule has 0 atom stereocenters. The minimum absolute atomic E-state index is 0.106. The first-order valence-corrected chi connectivity index (χ1v) is 49.5. The predicted molar refractivity (Wildman–Crippen MR) is 528 cm³/mol. The van der Waals surface area contributed by atoms with Gasteiger partial charge in [-0.1, -0.05) is 217 Å². The molecule has 29 heteroatoms. The first-order valence-electron chi connectivity index (χ1n) is 38.6. The number of benzene rings is 10. The number of rotatable bonds is 16. The van der Waals surface area contributed by atoms with Gasteiger partial charge in [0, 0.05) is 10.5 Å². The Kier molecular flexibility index (Phi) is 32.5. The molecular formula is C95H84BCl4IN10O7P2PdS3. The number of aromatic nitrogens is 9. The van der Waals surface area contributed by atoms with Crippen LogP contribution in [0, 0.1) is 45.2 Å². The monoisotopic (exact) mass is 2020 g/mol. The third kappa shape index (κ3) is 22.0. The number of aryl methyl sites for hydroxylation is 5. The minimum Gasteiger partial charge on any atom is -0.0622 e. The number of thiophene rings is 3. The quantitative estimate of drug-likeness (QED) is 0.0471. The molecule has 19 rings (SSSR count). The number of nitrogens with zero attached hydrogens (tertiary/aromatic N) is 9. The first-order chi connectivity index (χ1) is 60.2. The molecular weight excluding hydrogens is 1940 g/mol. The fourth-order valence-corrected chi connectivity index (χ4v) is 22.5. The van der Waals surface area contributed by atoms with E-state index in [0.29, 0.717) is 15.1 Å². The van der Waals surface area contributed by atoms with E-state index >= 15 is 0 Å². The molecule has 0 aliphatic heterocycles. The van der Waals surface area contributed by atoms with E-state index in [4.69, 9.17) is 81.1 Å². The zero-order valence-corrected chi connectivity index (χ0v) is 80.1. The maximum atomic E-state index is 9.15. The second kappa shape index (κ2) is 43.8. The van der Waals surface area contributed by atoms with Crippen LogP contribution in [-0.2, 0) is 15.9 Å². The van der Waals surface area contributed by atoms with Crippen LogP contribution in [0.2, 0.25) is 10.3 Å². The number of hydrogen-bond donors (Lipinski definition) is 3. The van der Waals surface area contributed by atoms with Crippen LogP contribution in [0.5, 0.6) is 28.7 Å². The molecule has 0 fully saturated rings. The van der Waals surface area contributed by atoms with Gasteiger partial charge < -0.3 is 39.0 Å². The van der Waals surface area contributed by atoms with Gasteiger partial charge in [0.15, 0.2) is 45.8 Å². The van der Waals surface area contributed by atoms with Crippen molar-refractivity contribution in [1.29, 1.82) is 0 Å². The summed E-state index contributed by atoms with van der Waals surface area (Å²) >= 11 is 18.4. The number of methoxy groups -OCH3 is 5. The number of halogens is 5. The molecule has 0 aliphatic carbocycles. The summed E-state index contributed by atoms with van der Waals surface area (Å²) in [5.41, 5.74) is 12.0. The fraction of sp³-hybridized carbons (Fsp3) is 0.116. The summed E-state index contributed by atoms with van der Waals surface area (Å²) in [6, 6.07) is 94.3. The van der Waals surface area contributed by atoms with E-state index in [2.05, 4.69) is 291 Å². The van der Waals surface area contributed by atoms with Crippen LogP contribution in [0.4, 0.5) is 11.5 Å². The Morgan fingerprint density at radius 1 is 0.379 bits per heavy atom. The molecule has 9 heterocycles. The third-order valence-corrected chi connectivity index (χ3v) is 29.3. The number of ether oxygens (including phenoxy) is 5. The molecule has 9 aromatic heterocycles. The molecule has 0 saturated carbocycles. The maximum Gasteiger partial charge on any atom is -0.0134 e. The standard InChI is InChI=1S/C25H24N4O2S.2C18H15P.C17H14ClN3O2S.C11H13BO3S.C6H3ClIN3.2ClH.Pd/c1-14-6-7-18(11-15(14)2)27-21-8-9-22-26-13-19(29(22)28-21)20-12-17-10-16(3)23(30-4)24(31-5)25(17)32-20;2*1-4-10-16(11-5-1)19(17-12-6-2-7-13-17)18-14-8-3-9-15-18;1-9-6-10-7-12(24-17(10)16(23-3)15(9)22-2)11-8-19-14-5-4-13(18)20-21(11)14;1-6-4-8-5-9(12(13)14)16-11(8)10(15-3)7(6)2;7-4-1-2-6-9-3-5(8)11(6)10-4;;;/h6-13H,1-5H3,(H,27,28);2*1-15H;4-8H,1-3H3;4-5,13-14H,1-3H3;1-3H;2*1H;/q;;;;;;;;+2/p-2. The minimum atomic E-state index is -1.41. The zero-order chi connectivity index (χ0) is 87.5. The molecule has 124 heavy (non-hydrogen) atoms. The predicted octanol–water partition coefficient (Wildman–Crippen LogP) is 22.3. The molecule has 0 amide bonds. The van der Waals surface area contributed by atoms with Crippen LogP contribution in [-0.4, -0.2) is 96.5 Å². The topological polar surface area (TPSA) is 189 Å². The van der Waals surface area contributed by atoms with Crippen LogP contribution in [0.25, 0.3) is 68.3 Å². The van der Waals surface area contributed by atoms with Crippen molar-refractivity contribution in [3.05, 3.63) is 339 Å². The summed E-state index contributed by atoms with van der Waals surface area (Å²) in [6.45, 7) is 12.3. The second-order valence-electron chi connectivity index (χ2n) is 27.7. The number of fused-ring (bicyclic) bond motifs is 6. The summed E-state index contributed by atoms with van der Waals surface area (Å²) in [5.74, 6) is 4.63. The Morgan fingerprint density at radius 3 is 1.13 bits per heavy atom. The Balaban J connectivity index is 0.000000130. The molecule has 632 valence electrons. The van der Waals surface area contributed by atoms with Gasteiger partial charge in [-0.3, -0.25) is 0 Å². The van der Waals surface area contributed by atoms with Gasteiger partial charge in [-0.15, -0.1) is 39.1 Å². The number of imidazole rings is 3. The van der Waals surface area contributed by atoms with Crippen LogP contribution in [0.1, 0.15) is 33.4 Å². The molecule has 0 spiro atoms. The van der Waals surface area contributed by atoms with Crippen molar-refractivity contribution < 1.29 is 49.7 Å². The molecule has 0 radical (unpaired) electrons. The Bertz CT molecular complexity index is 6490. The van der Waals surface area contributed by atoms with Gasteiger partial charge in [0.05, 0.1) is 78.0 Å². The van der Waals surface area contributed by atoms with Crippen molar-refractivity contribution >= 4 is 217 Å². The van der Waals surface area contributed by atoms with E-state index in [-0.39, 0.29) is 15.9 Å². The van der Waals surface area contributed by atoms with Crippen molar-refractivity contribution in [3.8, 4) is 49.9 Å². The smallest absolute Gasteiger partial charge is 0.0134 e. The van der Waals surface area contributed by atoms with Gasteiger partial charge in [-0.05, 0) is 240 Å². The molecule has 0 unspecified atom stereocenters. The normalized spacial score (nSPS) is 10.9. The zero-order valence-electron chi connectivity index (χ0n) is 69.1. The maximum absolute atomic E-state index is 9.15. The molecule has 0 aliphatic rings. The van der Waals surface area contributed by atoms with Crippen molar-refractivity contribution in [3.63, 3.8) is 0 Å². The average Bonchev–Trinajstić information content (AvgIpc) is 1.64. The number of anilines is 2. The summed E-state index contributed by atoms with van der Waals surface area (Å²) in [5, 5.41) is 47.4. The van der Waals surface area contributed by atoms with Crippen molar-refractivity contribution in [2.75, 3.05) is 40.9 Å². The molecule has 10 aromatic carbocycles. The third-order valence-electron chi connectivity index (χ3n) is 19.7.